The maximum Gasteiger partial charge on any atom is 0.314 e. The van der Waals surface area contributed by atoms with Gasteiger partial charge in [0, 0.05) is 5.69 Å². The molecule has 3 rings (SSSR count). The lowest BCUT2D eigenvalue weighted by Crippen LogP contribution is -2.29. The highest BCUT2D eigenvalue weighted by atomic mass is 16.5. The highest BCUT2D eigenvalue weighted by molar-refractivity contribution is 6.43. The van der Waals surface area contributed by atoms with E-state index < -0.39 is 11.8 Å². The van der Waals surface area contributed by atoms with Crippen LogP contribution in [0.3, 0.4) is 0 Å². The van der Waals surface area contributed by atoms with Gasteiger partial charge >= 0.3 is 11.8 Å². The first kappa shape index (κ1) is 17.0. The number of rotatable bonds is 4. The highest BCUT2D eigenvalue weighted by Gasteiger charge is 2.20. The standard InChI is InChI=1S/C20H22N2O3/c1-13(2)25-18-12-4-3-10-17(18)22-20(24)19(23)21-16-11-6-8-14-7-5-9-15(14)16/h3-4,6,8,10-13H,5,7,9H2,1-2H3,(H,21,23)(H,22,24). The molecule has 25 heavy (non-hydrogen) atoms. The predicted octanol–water partition coefficient (Wildman–Crippen LogP) is 3.54. The van der Waals surface area contributed by atoms with Crippen molar-refractivity contribution >= 4 is 23.2 Å². The van der Waals surface area contributed by atoms with E-state index in [2.05, 4.69) is 16.7 Å². The Kier molecular flexibility index (Phi) is 5.03. The molecule has 2 amide bonds. The molecule has 0 radical (unpaired) electrons. The quantitative estimate of drug-likeness (QED) is 0.838. The van der Waals surface area contributed by atoms with Crippen LogP contribution in [0.2, 0.25) is 0 Å². The minimum Gasteiger partial charge on any atom is -0.489 e. The van der Waals surface area contributed by atoms with Crippen LogP contribution in [0.5, 0.6) is 5.75 Å². The fourth-order valence-corrected chi connectivity index (χ4v) is 3.02. The molecule has 0 unspecified atom stereocenters. The van der Waals surface area contributed by atoms with E-state index >= 15 is 0 Å². The van der Waals surface area contributed by atoms with Gasteiger partial charge in [0.05, 0.1) is 11.8 Å². The zero-order valence-corrected chi connectivity index (χ0v) is 14.5. The summed E-state index contributed by atoms with van der Waals surface area (Å²) in [5, 5.41) is 5.36. The average Bonchev–Trinajstić information content (AvgIpc) is 3.06. The molecule has 0 spiro atoms. The van der Waals surface area contributed by atoms with Crippen molar-refractivity contribution in [1.29, 1.82) is 0 Å². The van der Waals surface area contributed by atoms with Crippen LogP contribution in [0.15, 0.2) is 42.5 Å². The number of carbonyl (C=O) groups is 2. The van der Waals surface area contributed by atoms with Crippen LogP contribution in [0.25, 0.3) is 0 Å². The van der Waals surface area contributed by atoms with Crippen LogP contribution in [0.4, 0.5) is 11.4 Å². The van der Waals surface area contributed by atoms with Gasteiger partial charge < -0.3 is 15.4 Å². The second kappa shape index (κ2) is 7.38. The molecular formula is C20H22N2O3. The molecule has 1 aliphatic carbocycles. The molecule has 1 aliphatic rings. The normalized spacial score (nSPS) is 12.6. The van der Waals surface area contributed by atoms with Gasteiger partial charge in [-0.15, -0.1) is 0 Å². The van der Waals surface area contributed by atoms with Crippen molar-refractivity contribution in [1.82, 2.24) is 0 Å². The fourth-order valence-electron chi connectivity index (χ4n) is 3.02. The van der Waals surface area contributed by atoms with Crippen molar-refractivity contribution in [3.05, 3.63) is 53.6 Å². The van der Waals surface area contributed by atoms with E-state index in [9.17, 15) is 9.59 Å². The second-order valence-corrected chi connectivity index (χ2v) is 6.37. The van der Waals surface area contributed by atoms with Crippen molar-refractivity contribution in [2.45, 2.75) is 39.2 Å². The number of anilines is 2. The van der Waals surface area contributed by atoms with Crippen molar-refractivity contribution < 1.29 is 14.3 Å². The molecule has 2 N–H and O–H groups in total. The largest absolute Gasteiger partial charge is 0.489 e. The smallest absolute Gasteiger partial charge is 0.314 e. The van der Waals surface area contributed by atoms with Crippen LogP contribution in [0, 0.1) is 0 Å². The number of carbonyl (C=O) groups excluding carboxylic acids is 2. The average molecular weight is 338 g/mol. The minimum absolute atomic E-state index is 0.0289. The Bertz CT molecular complexity index is 799. The summed E-state index contributed by atoms with van der Waals surface area (Å²) in [5.41, 5.74) is 3.58. The first-order valence-corrected chi connectivity index (χ1v) is 8.53. The summed E-state index contributed by atoms with van der Waals surface area (Å²) in [5.74, 6) is -0.852. The molecule has 0 saturated heterocycles. The number of benzene rings is 2. The van der Waals surface area contributed by atoms with Gasteiger partial charge in [0.25, 0.3) is 0 Å². The zero-order valence-electron chi connectivity index (χ0n) is 14.5. The third-order valence-electron chi connectivity index (χ3n) is 4.10. The third-order valence-corrected chi connectivity index (χ3v) is 4.10. The number of aryl methyl sites for hydroxylation is 1. The van der Waals surface area contributed by atoms with E-state index in [1.54, 1.807) is 18.2 Å². The molecular weight excluding hydrogens is 316 g/mol. The van der Waals surface area contributed by atoms with Gasteiger partial charge in [-0.3, -0.25) is 9.59 Å². The Hall–Kier alpha value is -2.82. The number of hydrogen-bond acceptors (Lipinski definition) is 3. The molecule has 0 heterocycles. The van der Waals surface area contributed by atoms with Crippen LogP contribution < -0.4 is 15.4 Å². The molecule has 2 aromatic rings. The molecule has 2 aromatic carbocycles. The number of fused-ring (bicyclic) bond motifs is 1. The first-order chi connectivity index (χ1) is 12.0. The summed E-state index contributed by atoms with van der Waals surface area (Å²) in [6, 6.07) is 12.9. The van der Waals surface area contributed by atoms with E-state index in [4.69, 9.17) is 4.74 Å². The van der Waals surface area contributed by atoms with Crippen LogP contribution >= 0.6 is 0 Å². The van der Waals surface area contributed by atoms with Crippen molar-refractivity contribution in [3.63, 3.8) is 0 Å². The summed E-state index contributed by atoms with van der Waals surface area (Å²) in [4.78, 5) is 24.6. The monoisotopic (exact) mass is 338 g/mol. The summed E-state index contributed by atoms with van der Waals surface area (Å²) in [7, 11) is 0. The Balaban J connectivity index is 1.70. The fraction of sp³-hybridized carbons (Fsp3) is 0.300. The molecule has 0 aromatic heterocycles. The van der Waals surface area contributed by atoms with E-state index in [-0.39, 0.29) is 6.10 Å². The molecule has 0 atom stereocenters. The van der Waals surface area contributed by atoms with Gasteiger partial charge in [-0.1, -0.05) is 24.3 Å². The third kappa shape index (κ3) is 3.99. The Labute approximate surface area is 147 Å². The van der Waals surface area contributed by atoms with Gasteiger partial charge in [-0.05, 0) is 62.4 Å². The highest BCUT2D eigenvalue weighted by Crippen LogP contribution is 2.29. The lowest BCUT2D eigenvalue weighted by Gasteiger charge is -2.15. The van der Waals surface area contributed by atoms with E-state index in [0.717, 1.165) is 30.5 Å². The Morgan fingerprint density at radius 2 is 1.60 bits per heavy atom. The second-order valence-electron chi connectivity index (χ2n) is 6.37. The number of nitrogens with one attached hydrogen (secondary N) is 2. The van der Waals surface area contributed by atoms with Crippen molar-refractivity contribution in [3.8, 4) is 5.75 Å². The number of hydrogen-bond donors (Lipinski definition) is 2. The number of amides is 2. The molecule has 0 saturated carbocycles. The van der Waals surface area contributed by atoms with E-state index in [0.29, 0.717) is 11.4 Å². The molecule has 0 aliphatic heterocycles. The Morgan fingerprint density at radius 3 is 2.36 bits per heavy atom. The lowest BCUT2D eigenvalue weighted by molar-refractivity contribution is -0.133. The number of ether oxygens (including phenoxy) is 1. The molecule has 130 valence electrons. The zero-order chi connectivity index (χ0) is 17.8. The summed E-state index contributed by atoms with van der Waals surface area (Å²) < 4.78 is 5.66. The first-order valence-electron chi connectivity index (χ1n) is 8.53. The SMILES string of the molecule is CC(C)Oc1ccccc1NC(=O)C(=O)Nc1cccc2c1CCC2. The molecule has 5 nitrogen and oxygen atoms in total. The maximum absolute atomic E-state index is 12.3. The van der Waals surface area contributed by atoms with Crippen molar-refractivity contribution in [2.24, 2.45) is 0 Å². The Morgan fingerprint density at radius 1 is 0.920 bits per heavy atom. The molecule has 0 bridgehead atoms. The van der Waals surface area contributed by atoms with Crippen LogP contribution in [-0.4, -0.2) is 17.9 Å². The van der Waals surface area contributed by atoms with Gasteiger partial charge in [0.1, 0.15) is 5.75 Å². The van der Waals surface area contributed by atoms with Gasteiger partial charge in [0.15, 0.2) is 0 Å². The molecule has 0 fully saturated rings. The van der Waals surface area contributed by atoms with Gasteiger partial charge in [-0.2, -0.15) is 0 Å². The lowest BCUT2D eigenvalue weighted by atomic mass is 10.1. The minimum atomic E-state index is -0.713. The van der Waals surface area contributed by atoms with Gasteiger partial charge in [0.2, 0.25) is 0 Å². The van der Waals surface area contributed by atoms with E-state index in [1.807, 2.05) is 32.0 Å². The summed E-state index contributed by atoms with van der Waals surface area (Å²) >= 11 is 0. The van der Waals surface area contributed by atoms with Gasteiger partial charge in [-0.25, -0.2) is 0 Å². The van der Waals surface area contributed by atoms with Crippen LogP contribution in [0.1, 0.15) is 31.4 Å². The molecule has 5 heteroatoms. The topological polar surface area (TPSA) is 67.4 Å². The van der Waals surface area contributed by atoms with E-state index in [1.165, 1.54) is 5.56 Å². The van der Waals surface area contributed by atoms with Crippen molar-refractivity contribution in [2.75, 3.05) is 10.6 Å². The number of para-hydroxylation sites is 2. The maximum atomic E-state index is 12.3. The predicted molar refractivity (Wildman–Crippen MR) is 97.9 cm³/mol. The van der Waals surface area contributed by atoms with Crippen LogP contribution in [-0.2, 0) is 22.4 Å². The summed E-state index contributed by atoms with van der Waals surface area (Å²) in [6.45, 7) is 3.81. The summed E-state index contributed by atoms with van der Waals surface area (Å²) in [6.07, 6.45) is 3.00.